The van der Waals surface area contributed by atoms with E-state index in [1.807, 2.05) is 0 Å². The Morgan fingerprint density at radius 2 is 0.537 bits per heavy atom. The summed E-state index contributed by atoms with van der Waals surface area (Å²) in [4.78, 5) is 77.2. The van der Waals surface area contributed by atoms with Gasteiger partial charge in [-0.1, -0.05) is 51.0 Å². The quantitative estimate of drug-likeness (QED) is 0.0421. The Bertz CT molecular complexity index is 4470. The van der Waals surface area contributed by atoms with E-state index in [1.165, 1.54) is 66.7 Å². The fourth-order valence-corrected chi connectivity index (χ4v) is 10.6. The number of phenolic OH excluding ortho intramolecular Hbond substituents is 4. The highest BCUT2D eigenvalue weighted by Crippen LogP contribution is 2.43. The normalized spacial score (nSPS) is 13.5. The van der Waals surface area contributed by atoms with Gasteiger partial charge in [0.05, 0.1) is 92.5 Å². The molecule has 0 saturated heterocycles. The fourth-order valence-electron chi connectivity index (χ4n) is 10.6. The third-order valence-electron chi connectivity index (χ3n) is 15.2. The van der Waals surface area contributed by atoms with Gasteiger partial charge in [-0.15, -0.1) is 5.11 Å². The van der Waals surface area contributed by atoms with Gasteiger partial charge in [-0.25, -0.2) is 0 Å². The lowest BCUT2D eigenvalue weighted by molar-refractivity contribution is -0.394. The van der Waals surface area contributed by atoms with Crippen LogP contribution in [0.1, 0.15) is 102 Å². The first-order valence-corrected chi connectivity index (χ1v) is 29.1. The summed E-state index contributed by atoms with van der Waals surface area (Å²) in [6.45, 7) is 0. The number of azo groups is 4. The van der Waals surface area contributed by atoms with Crippen LogP contribution in [0, 0.1) is 70.8 Å². The van der Waals surface area contributed by atoms with Gasteiger partial charge in [-0.05, 0) is 91.4 Å². The van der Waals surface area contributed by atoms with E-state index in [0.29, 0.717) is 36.5 Å². The van der Waals surface area contributed by atoms with E-state index in [-0.39, 0.29) is 110 Å². The van der Waals surface area contributed by atoms with Gasteiger partial charge in [0.1, 0.15) is 23.0 Å². The maximum Gasteiger partial charge on any atom is 0.297 e. The summed E-state index contributed by atoms with van der Waals surface area (Å²) in [6, 6.07) is 24.4. The Hall–Kier alpha value is -12.8. The summed E-state index contributed by atoms with van der Waals surface area (Å²) < 4.78 is 0. The molecule has 0 spiro atoms. The zero-order valence-corrected chi connectivity index (χ0v) is 49.7. The molecule has 0 unspecified atom stereocenters. The number of hydrogen-bond acceptors (Lipinski definition) is 26. The number of nitro groups is 7. The first-order valence-electron chi connectivity index (χ1n) is 29.1. The highest BCUT2D eigenvalue weighted by molar-refractivity contribution is 5.65. The second-order valence-corrected chi connectivity index (χ2v) is 21.9. The molecule has 8 aromatic carbocycles. The molecule has 0 atom stereocenters. The molecule has 8 bridgehead atoms. The number of hydrogen-bond donors (Lipinski definition) is 4. The number of aryl methyl sites for hydroxylation is 2. The number of rotatable bonds is 15. The van der Waals surface area contributed by atoms with E-state index >= 15 is 0 Å². The van der Waals surface area contributed by atoms with Crippen LogP contribution in [0.15, 0.2) is 168 Å². The second kappa shape index (κ2) is 29.9. The Kier molecular flexibility index (Phi) is 20.9. The SMILES string of the molecule is O=[N+]([O-])c1cccc(N=Nc2cc3c(O)c(c2)Cc2cc(N=Nc4cc([N+](=O)[O-])cc([N+](=O)[O-])c4)cc(c2O)Cc2cc(N=Nc4cc([N+](=O)[O-])cc([N+](=O)[O-])c4)cc(c2O)Cc2cc(N=Nc4cc([N+](=O)[O-])ccc4[N+](=O)[O-])cc(c2O)CCCCCCCCCCC3)c1. The number of phenols is 4. The van der Waals surface area contributed by atoms with Crippen LogP contribution in [0.5, 0.6) is 23.0 Å². The van der Waals surface area contributed by atoms with E-state index in [9.17, 15) is 91.2 Å². The molecule has 4 N–H and O–H groups in total. The van der Waals surface area contributed by atoms with Crippen LogP contribution in [0.4, 0.5) is 85.3 Å². The average Bonchev–Trinajstić information content (AvgIpc) is 0.808. The minimum absolute atomic E-state index is 0.0157. The molecule has 95 heavy (non-hydrogen) atoms. The third-order valence-corrected chi connectivity index (χ3v) is 15.2. The van der Waals surface area contributed by atoms with Gasteiger partial charge in [-0.3, -0.25) is 70.8 Å². The van der Waals surface area contributed by atoms with Gasteiger partial charge < -0.3 is 20.4 Å². The molecule has 0 radical (unpaired) electrons. The molecular formula is C62H53N15O18. The van der Waals surface area contributed by atoms with Crippen molar-refractivity contribution in [2.24, 2.45) is 40.9 Å². The van der Waals surface area contributed by atoms with Gasteiger partial charge in [0.25, 0.3) is 39.8 Å². The number of nitrogens with zero attached hydrogens (tertiary/aromatic N) is 15. The van der Waals surface area contributed by atoms with Crippen molar-refractivity contribution in [1.29, 1.82) is 0 Å². The summed E-state index contributed by atoms with van der Waals surface area (Å²) in [5.41, 5.74) is -4.22. The van der Waals surface area contributed by atoms with Crippen molar-refractivity contribution in [2.75, 3.05) is 0 Å². The molecule has 0 amide bonds. The molecular weight excluding hydrogens is 1240 g/mol. The summed E-state index contributed by atoms with van der Waals surface area (Å²) in [5.74, 6) is -1.42. The van der Waals surface area contributed by atoms with Crippen molar-refractivity contribution in [3.63, 3.8) is 0 Å². The Morgan fingerprint density at radius 3 is 0.874 bits per heavy atom. The molecule has 484 valence electrons. The van der Waals surface area contributed by atoms with Gasteiger partial charge in [-0.2, -0.15) is 35.8 Å². The van der Waals surface area contributed by atoms with Crippen molar-refractivity contribution in [3.05, 3.63) is 243 Å². The molecule has 9 rings (SSSR count). The fraction of sp³-hybridized carbons (Fsp3) is 0.226. The standard InChI is InChI=1S/C62H53N15O18/c78-59-36-11-8-6-4-2-1-3-5-7-9-12-37-21-46(69-70-57-35-52(72(84)85)15-16-58(57)77(94)95)23-39(60(37)79)18-41-25-48(66-68-50-31-55(75(90)91)34-56(32-50)76(92)93)27-43(62(41)81)19-42-26-47(65-67-49-29-53(73(86)87)33-54(30-49)74(88)89)24-40(61(42)80)17-38(59)22-45(20-36)64-63-44-13-10-14-51(28-44)71(82)83/h10,13-16,20-35,78-81H,1-9,11-12,17-19H2. The second-order valence-electron chi connectivity index (χ2n) is 21.9. The summed E-state index contributed by atoms with van der Waals surface area (Å²) in [7, 11) is 0. The zero-order valence-electron chi connectivity index (χ0n) is 49.7. The van der Waals surface area contributed by atoms with E-state index in [2.05, 4.69) is 40.9 Å². The molecule has 1 aliphatic rings. The lowest BCUT2D eigenvalue weighted by Crippen LogP contribution is -1.99. The molecule has 1 aliphatic carbocycles. The maximum absolute atomic E-state index is 12.5. The van der Waals surface area contributed by atoms with E-state index in [4.69, 9.17) is 0 Å². The van der Waals surface area contributed by atoms with Crippen LogP contribution >= 0.6 is 0 Å². The largest absolute Gasteiger partial charge is 0.507 e. The predicted octanol–water partition coefficient (Wildman–Crippen LogP) is 17.9. The summed E-state index contributed by atoms with van der Waals surface area (Å²) in [6.07, 6.45) is 6.40. The van der Waals surface area contributed by atoms with Crippen LogP contribution in [-0.2, 0) is 32.1 Å². The topological polar surface area (TPSA) is 482 Å². The van der Waals surface area contributed by atoms with Crippen molar-refractivity contribution in [3.8, 4) is 23.0 Å². The lowest BCUT2D eigenvalue weighted by Gasteiger charge is -2.17. The monoisotopic (exact) mass is 1300 g/mol. The first-order chi connectivity index (χ1) is 45.5. The molecule has 33 heteroatoms. The molecule has 0 heterocycles. The highest BCUT2D eigenvalue weighted by Gasteiger charge is 2.24. The number of aromatic hydroxyl groups is 4. The minimum atomic E-state index is -0.879. The zero-order chi connectivity index (χ0) is 68.0. The minimum Gasteiger partial charge on any atom is -0.507 e. The van der Waals surface area contributed by atoms with Gasteiger partial charge in [0, 0.05) is 101 Å². The first kappa shape index (κ1) is 66.6. The van der Waals surface area contributed by atoms with E-state index in [1.54, 1.807) is 6.07 Å². The third kappa shape index (κ3) is 17.2. The highest BCUT2D eigenvalue weighted by atomic mass is 16.7. The molecule has 0 saturated carbocycles. The average molecular weight is 1300 g/mol. The lowest BCUT2D eigenvalue weighted by atomic mass is 9.92. The molecule has 0 aromatic heterocycles. The van der Waals surface area contributed by atoms with Gasteiger partial charge in [0.2, 0.25) is 0 Å². The summed E-state index contributed by atoms with van der Waals surface area (Å²) >= 11 is 0. The summed E-state index contributed by atoms with van der Waals surface area (Å²) in [5, 5.41) is 166. The number of benzene rings is 8. The van der Waals surface area contributed by atoms with Gasteiger partial charge >= 0.3 is 0 Å². The van der Waals surface area contributed by atoms with Crippen molar-refractivity contribution >= 4 is 85.3 Å². The Labute approximate surface area is 534 Å². The Balaban J connectivity index is 1.24. The number of fused-ring (bicyclic) bond motifs is 8. The number of non-ortho nitro benzene ring substituents is 6. The van der Waals surface area contributed by atoms with E-state index < -0.39 is 92.2 Å². The van der Waals surface area contributed by atoms with E-state index in [0.717, 1.165) is 93.5 Å². The van der Waals surface area contributed by atoms with Crippen LogP contribution < -0.4 is 0 Å². The maximum atomic E-state index is 12.5. The van der Waals surface area contributed by atoms with Crippen LogP contribution in [0.3, 0.4) is 0 Å². The molecule has 8 aromatic rings. The molecule has 0 fully saturated rings. The molecule has 0 aliphatic heterocycles. The van der Waals surface area contributed by atoms with Crippen LogP contribution in [0.2, 0.25) is 0 Å². The Morgan fingerprint density at radius 1 is 0.263 bits per heavy atom. The van der Waals surface area contributed by atoms with Crippen molar-refractivity contribution in [2.45, 2.75) is 89.9 Å². The van der Waals surface area contributed by atoms with Crippen LogP contribution in [0.25, 0.3) is 0 Å². The van der Waals surface area contributed by atoms with Crippen molar-refractivity contribution < 1.29 is 54.9 Å². The van der Waals surface area contributed by atoms with Crippen LogP contribution in [-0.4, -0.2) is 54.9 Å². The van der Waals surface area contributed by atoms with Gasteiger partial charge in [0.15, 0.2) is 5.69 Å². The predicted molar refractivity (Wildman–Crippen MR) is 339 cm³/mol. The smallest absolute Gasteiger partial charge is 0.297 e. The van der Waals surface area contributed by atoms with Crippen molar-refractivity contribution in [1.82, 2.24) is 0 Å². The molecule has 33 nitrogen and oxygen atoms in total. The number of nitro benzene ring substituents is 7.